The standard InChI is InChI=1S/C12H26N2O/c1-11(2)15-10-9-14-7-5-12(3,13-4)6-8-14/h11,13H,5-10H2,1-4H3. The Balaban J connectivity index is 2.15. The number of likely N-dealkylation sites (tertiary alicyclic amines) is 1. The van der Waals surface area contributed by atoms with E-state index in [4.69, 9.17) is 4.74 Å². The lowest BCUT2D eigenvalue weighted by Crippen LogP contribution is -2.50. The molecule has 0 saturated carbocycles. The van der Waals surface area contributed by atoms with Gasteiger partial charge in [0.25, 0.3) is 0 Å². The quantitative estimate of drug-likeness (QED) is 0.750. The van der Waals surface area contributed by atoms with Crippen LogP contribution in [0.2, 0.25) is 0 Å². The van der Waals surface area contributed by atoms with Crippen molar-refractivity contribution in [2.75, 3.05) is 33.3 Å². The van der Waals surface area contributed by atoms with Crippen molar-refractivity contribution in [1.29, 1.82) is 0 Å². The maximum Gasteiger partial charge on any atom is 0.0596 e. The Bertz CT molecular complexity index is 174. The summed E-state index contributed by atoms with van der Waals surface area (Å²) in [5.74, 6) is 0. The second kappa shape index (κ2) is 5.83. The SMILES string of the molecule is CNC1(C)CCN(CCOC(C)C)CC1. The van der Waals surface area contributed by atoms with Crippen LogP contribution in [0.4, 0.5) is 0 Å². The van der Waals surface area contributed by atoms with E-state index in [0.29, 0.717) is 11.6 Å². The van der Waals surface area contributed by atoms with Crippen LogP contribution in [0.1, 0.15) is 33.6 Å². The van der Waals surface area contributed by atoms with Gasteiger partial charge in [0, 0.05) is 12.1 Å². The Labute approximate surface area is 94.2 Å². The largest absolute Gasteiger partial charge is 0.377 e. The van der Waals surface area contributed by atoms with Gasteiger partial charge in [-0.15, -0.1) is 0 Å². The van der Waals surface area contributed by atoms with Crippen LogP contribution in [-0.2, 0) is 4.74 Å². The van der Waals surface area contributed by atoms with Gasteiger partial charge in [0.1, 0.15) is 0 Å². The van der Waals surface area contributed by atoms with Crippen molar-refractivity contribution in [3.8, 4) is 0 Å². The van der Waals surface area contributed by atoms with E-state index in [9.17, 15) is 0 Å². The van der Waals surface area contributed by atoms with Crippen molar-refractivity contribution in [3.63, 3.8) is 0 Å². The second-order valence-electron chi connectivity index (χ2n) is 5.07. The molecular formula is C12H26N2O. The molecule has 0 atom stereocenters. The van der Waals surface area contributed by atoms with Gasteiger partial charge < -0.3 is 15.0 Å². The van der Waals surface area contributed by atoms with Crippen LogP contribution >= 0.6 is 0 Å². The molecule has 0 aliphatic carbocycles. The summed E-state index contributed by atoms with van der Waals surface area (Å²) in [6.45, 7) is 10.8. The molecule has 0 radical (unpaired) electrons. The van der Waals surface area contributed by atoms with Crippen molar-refractivity contribution < 1.29 is 4.74 Å². The van der Waals surface area contributed by atoms with E-state index < -0.39 is 0 Å². The molecule has 0 spiro atoms. The predicted octanol–water partition coefficient (Wildman–Crippen LogP) is 1.49. The molecule has 1 rings (SSSR count). The molecular weight excluding hydrogens is 188 g/mol. The summed E-state index contributed by atoms with van der Waals surface area (Å²) < 4.78 is 5.57. The minimum absolute atomic E-state index is 0.357. The van der Waals surface area contributed by atoms with Crippen LogP contribution < -0.4 is 5.32 Å². The van der Waals surface area contributed by atoms with Crippen molar-refractivity contribution in [2.24, 2.45) is 0 Å². The first-order valence-electron chi connectivity index (χ1n) is 6.08. The van der Waals surface area contributed by atoms with E-state index in [2.05, 4.69) is 38.0 Å². The normalized spacial score (nSPS) is 22.2. The first-order chi connectivity index (χ1) is 7.06. The van der Waals surface area contributed by atoms with Gasteiger partial charge in [-0.1, -0.05) is 0 Å². The molecule has 1 N–H and O–H groups in total. The minimum Gasteiger partial charge on any atom is -0.377 e. The van der Waals surface area contributed by atoms with Gasteiger partial charge in [-0.25, -0.2) is 0 Å². The monoisotopic (exact) mass is 214 g/mol. The molecule has 0 aromatic rings. The van der Waals surface area contributed by atoms with Gasteiger partial charge in [0.2, 0.25) is 0 Å². The third kappa shape index (κ3) is 4.49. The minimum atomic E-state index is 0.357. The molecule has 3 heteroatoms. The molecule has 1 aliphatic heterocycles. The van der Waals surface area contributed by atoms with Gasteiger partial charge in [0.05, 0.1) is 12.7 Å². The number of piperidine rings is 1. The fourth-order valence-electron chi connectivity index (χ4n) is 1.94. The highest BCUT2D eigenvalue weighted by atomic mass is 16.5. The highest BCUT2D eigenvalue weighted by Gasteiger charge is 2.27. The molecule has 1 saturated heterocycles. The number of nitrogens with one attached hydrogen (secondary N) is 1. The molecule has 3 nitrogen and oxygen atoms in total. The summed E-state index contributed by atoms with van der Waals surface area (Å²) in [6.07, 6.45) is 2.84. The Morgan fingerprint density at radius 1 is 1.33 bits per heavy atom. The Hall–Kier alpha value is -0.120. The molecule has 90 valence electrons. The summed E-state index contributed by atoms with van der Waals surface area (Å²) in [5.41, 5.74) is 0.357. The Kier molecular flexibility index (Phi) is 5.03. The van der Waals surface area contributed by atoms with E-state index in [1.54, 1.807) is 0 Å². The number of nitrogens with zero attached hydrogens (tertiary/aromatic N) is 1. The van der Waals surface area contributed by atoms with Crippen LogP contribution in [0.3, 0.4) is 0 Å². The van der Waals surface area contributed by atoms with Crippen LogP contribution in [0.25, 0.3) is 0 Å². The molecule has 0 aromatic heterocycles. The smallest absolute Gasteiger partial charge is 0.0596 e. The first-order valence-corrected chi connectivity index (χ1v) is 6.08. The number of ether oxygens (including phenoxy) is 1. The van der Waals surface area contributed by atoms with Gasteiger partial charge in [-0.3, -0.25) is 0 Å². The molecule has 1 heterocycles. The van der Waals surface area contributed by atoms with Gasteiger partial charge in [-0.05, 0) is 53.8 Å². The lowest BCUT2D eigenvalue weighted by atomic mass is 9.90. The van der Waals surface area contributed by atoms with Crippen LogP contribution in [0.15, 0.2) is 0 Å². The van der Waals surface area contributed by atoms with E-state index in [1.807, 2.05) is 0 Å². The third-order valence-electron chi connectivity index (χ3n) is 3.42. The molecule has 15 heavy (non-hydrogen) atoms. The van der Waals surface area contributed by atoms with Crippen molar-refractivity contribution in [1.82, 2.24) is 10.2 Å². The average molecular weight is 214 g/mol. The zero-order valence-corrected chi connectivity index (χ0v) is 10.7. The summed E-state index contributed by atoms with van der Waals surface area (Å²) in [7, 11) is 2.07. The number of hydrogen-bond donors (Lipinski definition) is 1. The average Bonchev–Trinajstić information content (AvgIpc) is 2.21. The summed E-state index contributed by atoms with van der Waals surface area (Å²) in [4.78, 5) is 2.50. The molecule has 0 unspecified atom stereocenters. The van der Waals surface area contributed by atoms with Crippen molar-refractivity contribution >= 4 is 0 Å². The van der Waals surface area contributed by atoms with Gasteiger partial charge in [-0.2, -0.15) is 0 Å². The van der Waals surface area contributed by atoms with E-state index in [1.165, 1.54) is 25.9 Å². The lowest BCUT2D eigenvalue weighted by molar-refractivity contribution is 0.0473. The Morgan fingerprint density at radius 2 is 1.93 bits per heavy atom. The highest BCUT2D eigenvalue weighted by Crippen LogP contribution is 2.20. The zero-order valence-electron chi connectivity index (χ0n) is 10.7. The molecule has 0 aromatic carbocycles. The third-order valence-corrected chi connectivity index (χ3v) is 3.42. The van der Waals surface area contributed by atoms with Gasteiger partial charge in [0.15, 0.2) is 0 Å². The van der Waals surface area contributed by atoms with Gasteiger partial charge >= 0.3 is 0 Å². The first kappa shape index (κ1) is 12.9. The summed E-state index contributed by atoms with van der Waals surface area (Å²) in [5, 5.41) is 3.42. The van der Waals surface area contributed by atoms with E-state index >= 15 is 0 Å². The molecule has 1 fully saturated rings. The maximum atomic E-state index is 5.57. The van der Waals surface area contributed by atoms with Crippen LogP contribution in [0, 0.1) is 0 Å². The molecule has 0 amide bonds. The van der Waals surface area contributed by atoms with E-state index in [0.717, 1.165) is 13.2 Å². The van der Waals surface area contributed by atoms with Crippen molar-refractivity contribution in [2.45, 2.75) is 45.3 Å². The molecule has 0 bridgehead atoms. The van der Waals surface area contributed by atoms with Crippen LogP contribution in [-0.4, -0.2) is 49.8 Å². The summed E-state index contributed by atoms with van der Waals surface area (Å²) >= 11 is 0. The summed E-state index contributed by atoms with van der Waals surface area (Å²) in [6, 6.07) is 0. The molecule has 1 aliphatic rings. The van der Waals surface area contributed by atoms with E-state index in [-0.39, 0.29) is 0 Å². The van der Waals surface area contributed by atoms with Crippen molar-refractivity contribution in [3.05, 3.63) is 0 Å². The lowest BCUT2D eigenvalue weighted by Gasteiger charge is -2.39. The fourth-order valence-corrected chi connectivity index (χ4v) is 1.94. The second-order valence-corrected chi connectivity index (χ2v) is 5.07. The highest BCUT2D eigenvalue weighted by molar-refractivity contribution is 4.87. The Morgan fingerprint density at radius 3 is 2.40 bits per heavy atom. The number of hydrogen-bond acceptors (Lipinski definition) is 3. The number of rotatable bonds is 5. The fraction of sp³-hybridized carbons (Fsp3) is 1.00. The van der Waals surface area contributed by atoms with Crippen LogP contribution in [0.5, 0.6) is 0 Å². The zero-order chi connectivity index (χ0) is 11.3. The topological polar surface area (TPSA) is 24.5 Å². The maximum absolute atomic E-state index is 5.57. The predicted molar refractivity (Wildman–Crippen MR) is 64.2 cm³/mol.